The van der Waals surface area contributed by atoms with E-state index in [4.69, 9.17) is 9.15 Å². The second-order valence-corrected chi connectivity index (χ2v) is 5.20. The average Bonchev–Trinajstić information content (AvgIpc) is 3.08. The number of benzene rings is 1. The highest BCUT2D eigenvalue weighted by molar-refractivity contribution is 5.78. The zero-order valence-corrected chi connectivity index (χ0v) is 12.6. The number of nitrogens with zero attached hydrogens (tertiary/aromatic N) is 3. The van der Waals surface area contributed by atoms with E-state index in [2.05, 4.69) is 9.88 Å². The summed E-state index contributed by atoms with van der Waals surface area (Å²) in [6.07, 6.45) is 3.16. The summed E-state index contributed by atoms with van der Waals surface area (Å²) in [6.45, 7) is 3.00. The second kappa shape index (κ2) is 6.51. The number of rotatable bonds is 4. The monoisotopic (exact) mass is 301 g/mol. The van der Waals surface area contributed by atoms with E-state index in [-0.39, 0.29) is 5.91 Å². The van der Waals surface area contributed by atoms with Crippen molar-refractivity contribution >= 4 is 11.6 Å². The van der Waals surface area contributed by atoms with Crippen molar-refractivity contribution in [1.82, 2.24) is 9.88 Å². The topological polar surface area (TPSA) is 58.8 Å². The number of hydrogen-bond acceptors (Lipinski definition) is 5. The molecule has 1 aliphatic heterocycles. The maximum absolute atomic E-state index is 12.2. The van der Waals surface area contributed by atoms with Gasteiger partial charge >= 0.3 is 0 Å². The molecule has 0 N–H and O–H groups in total. The lowest BCUT2D eigenvalue weighted by molar-refractivity contribution is -0.130. The molecule has 0 radical (unpaired) electrons. The highest BCUT2D eigenvalue weighted by Crippen LogP contribution is 2.28. The van der Waals surface area contributed by atoms with Crippen LogP contribution in [0.2, 0.25) is 0 Å². The smallest absolute Gasteiger partial charge is 0.228 e. The molecule has 0 spiro atoms. The number of amides is 1. The van der Waals surface area contributed by atoms with Crippen molar-refractivity contribution in [3.63, 3.8) is 0 Å². The molecule has 0 atom stereocenters. The Morgan fingerprint density at radius 1 is 1.27 bits per heavy atom. The SMILES string of the molecule is COc1ccccc1N1CCN(C(=O)Cc2cocn2)CC1. The van der Waals surface area contributed by atoms with Crippen molar-refractivity contribution in [2.45, 2.75) is 6.42 Å². The Kier molecular flexibility index (Phi) is 4.27. The number of oxazole rings is 1. The van der Waals surface area contributed by atoms with Gasteiger partial charge in [-0.3, -0.25) is 4.79 Å². The van der Waals surface area contributed by atoms with Gasteiger partial charge in [0, 0.05) is 26.2 Å². The number of aromatic nitrogens is 1. The average molecular weight is 301 g/mol. The van der Waals surface area contributed by atoms with E-state index in [1.165, 1.54) is 12.7 Å². The summed E-state index contributed by atoms with van der Waals surface area (Å²) in [7, 11) is 1.68. The number of carbonyl (C=O) groups excluding carboxylic acids is 1. The molecule has 1 aromatic carbocycles. The molecular weight excluding hydrogens is 282 g/mol. The van der Waals surface area contributed by atoms with E-state index in [0.717, 1.165) is 24.5 Å². The maximum Gasteiger partial charge on any atom is 0.228 e. The molecule has 1 amide bonds. The van der Waals surface area contributed by atoms with Crippen molar-refractivity contribution in [1.29, 1.82) is 0 Å². The van der Waals surface area contributed by atoms with Gasteiger partial charge in [0.15, 0.2) is 6.39 Å². The molecule has 2 aromatic rings. The molecule has 0 aliphatic carbocycles. The number of methoxy groups -OCH3 is 1. The Morgan fingerprint density at radius 2 is 2.05 bits per heavy atom. The van der Waals surface area contributed by atoms with Crippen LogP contribution in [0.5, 0.6) is 5.75 Å². The van der Waals surface area contributed by atoms with E-state index < -0.39 is 0 Å². The Bertz CT molecular complexity index is 619. The molecule has 1 aliphatic rings. The summed E-state index contributed by atoms with van der Waals surface area (Å²) in [5.41, 5.74) is 1.76. The van der Waals surface area contributed by atoms with E-state index in [0.29, 0.717) is 25.2 Å². The van der Waals surface area contributed by atoms with Crippen LogP contribution in [0.25, 0.3) is 0 Å². The summed E-state index contributed by atoms with van der Waals surface area (Å²) >= 11 is 0. The molecule has 22 heavy (non-hydrogen) atoms. The van der Waals surface area contributed by atoms with Crippen LogP contribution < -0.4 is 9.64 Å². The quantitative estimate of drug-likeness (QED) is 0.858. The summed E-state index contributed by atoms with van der Waals surface area (Å²) in [4.78, 5) is 20.4. The highest BCUT2D eigenvalue weighted by Gasteiger charge is 2.23. The summed E-state index contributed by atoms with van der Waals surface area (Å²) in [6, 6.07) is 7.96. The maximum atomic E-state index is 12.2. The number of carbonyl (C=O) groups is 1. The van der Waals surface area contributed by atoms with Crippen molar-refractivity contribution in [3.05, 3.63) is 42.6 Å². The second-order valence-electron chi connectivity index (χ2n) is 5.20. The molecule has 0 saturated carbocycles. The molecular formula is C16H19N3O3. The van der Waals surface area contributed by atoms with Crippen LogP contribution in [-0.2, 0) is 11.2 Å². The number of para-hydroxylation sites is 2. The summed E-state index contributed by atoms with van der Waals surface area (Å²) in [5.74, 6) is 0.957. The Labute approximate surface area is 129 Å². The van der Waals surface area contributed by atoms with Gasteiger partial charge in [0.1, 0.15) is 12.0 Å². The Hall–Kier alpha value is -2.50. The van der Waals surface area contributed by atoms with Crippen molar-refractivity contribution < 1.29 is 13.9 Å². The van der Waals surface area contributed by atoms with Gasteiger partial charge in [-0.1, -0.05) is 12.1 Å². The summed E-state index contributed by atoms with van der Waals surface area (Å²) in [5, 5.41) is 0. The van der Waals surface area contributed by atoms with Crippen LogP contribution in [0.3, 0.4) is 0 Å². The molecule has 1 aromatic heterocycles. The molecule has 1 fully saturated rings. The summed E-state index contributed by atoms with van der Waals surface area (Å²) < 4.78 is 10.3. The van der Waals surface area contributed by atoms with Gasteiger partial charge in [-0.05, 0) is 12.1 Å². The Balaban J connectivity index is 1.59. The van der Waals surface area contributed by atoms with E-state index in [9.17, 15) is 4.79 Å². The first-order valence-electron chi connectivity index (χ1n) is 7.30. The minimum atomic E-state index is 0.0913. The van der Waals surface area contributed by atoms with E-state index >= 15 is 0 Å². The van der Waals surface area contributed by atoms with Gasteiger partial charge < -0.3 is 19.0 Å². The fourth-order valence-electron chi connectivity index (χ4n) is 2.68. The van der Waals surface area contributed by atoms with Gasteiger partial charge in [0.2, 0.25) is 5.91 Å². The third-order valence-electron chi connectivity index (χ3n) is 3.87. The lowest BCUT2D eigenvalue weighted by Crippen LogP contribution is -2.49. The van der Waals surface area contributed by atoms with Crippen LogP contribution >= 0.6 is 0 Å². The van der Waals surface area contributed by atoms with Crippen molar-refractivity contribution in [2.24, 2.45) is 0 Å². The molecule has 6 nitrogen and oxygen atoms in total. The minimum Gasteiger partial charge on any atom is -0.495 e. The lowest BCUT2D eigenvalue weighted by Gasteiger charge is -2.36. The number of hydrogen-bond donors (Lipinski definition) is 0. The fraction of sp³-hybridized carbons (Fsp3) is 0.375. The number of piperazine rings is 1. The lowest BCUT2D eigenvalue weighted by atomic mass is 10.2. The van der Waals surface area contributed by atoms with Crippen LogP contribution in [0, 0.1) is 0 Å². The van der Waals surface area contributed by atoms with Gasteiger partial charge in [0.05, 0.1) is 24.9 Å². The zero-order valence-electron chi connectivity index (χ0n) is 12.6. The molecule has 1 saturated heterocycles. The standard InChI is InChI=1S/C16H19N3O3/c1-21-15-5-3-2-4-14(15)18-6-8-19(9-7-18)16(20)10-13-11-22-12-17-13/h2-5,11-12H,6-10H2,1H3. The third-order valence-corrected chi connectivity index (χ3v) is 3.87. The van der Waals surface area contributed by atoms with E-state index in [1.54, 1.807) is 7.11 Å². The molecule has 116 valence electrons. The van der Waals surface area contributed by atoms with Crippen molar-refractivity contribution in [2.75, 3.05) is 38.2 Å². The normalized spacial score (nSPS) is 15.0. The van der Waals surface area contributed by atoms with Gasteiger partial charge in [0.25, 0.3) is 0 Å². The molecule has 3 rings (SSSR count). The molecule has 0 bridgehead atoms. The first-order valence-corrected chi connectivity index (χ1v) is 7.30. The van der Waals surface area contributed by atoms with Crippen LogP contribution in [-0.4, -0.2) is 49.1 Å². The Morgan fingerprint density at radius 3 is 2.73 bits per heavy atom. The number of anilines is 1. The molecule has 6 heteroatoms. The molecule has 0 unspecified atom stereocenters. The van der Waals surface area contributed by atoms with Crippen LogP contribution in [0.4, 0.5) is 5.69 Å². The van der Waals surface area contributed by atoms with Crippen LogP contribution in [0.1, 0.15) is 5.69 Å². The van der Waals surface area contributed by atoms with Gasteiger partial charge in [-0.15, -0.1) is 0 Å². The third kappa shape index (κ3) is 3.05. The largest absolute Gasteiger partial charge is 0.495 e. The predicted octanol–water partition coefficient (Wildman–Crippen LogP) is 1.57. The van der Waals surface area contributed by atoms with Gasteiger partial charge in [-0.25, -0.2) is 4.98 Å². The van der Waals surface area contributed by atoms with E-state index in [1.807, 2.05) is 29.2 Å². The first kappa shape index (κ1) is 14.4. The van der Waals surface area contributed by atoms with Crippen molar-refractivity contribution in [3.8, 4) is 5.75 Å². The van der Waals surface area contributed by atoms with Gasteiger partial charge in [-0.2, -0.15) is 0 Å². The minimum absolute atomic E-state index is 0.0913. The number of ether oxygens (including phenoxy) is 1. The highest BCUT2D eigenvalue weighted by atomic mass is 16.5. The van der Waals surface area contributed by atoms with Crippen LogP contribution in [0.15, 0.2) is 41.3 Å². The predicted molar refractivity (Wildman–Crippen MR) is 82.0 cm³/mol. The fourth-order valence-corrected chi connectivity index (χ4v) is 2.68. The molecule has 2 heterocycles. The first-order chi connectivity index (χ1) is 10.8. The zero-order chi connectivity index (χ0) is 15.4.